The van der Waals surface area contributed by atoms with Gasteiger partial charge in [0.15, 0.2) is 0 Å². The lowest BCUT2D eigenvalue weighted by Crippen LogP contribution is -2.52. The van der Waals surface area contributed by atoms with E-state index in [1.807, 2.05) is 37.4 Å². The minimum absolute atomic E-state index is 0.0923. The molecule has 1 fully saturated rings. The molecule has 1 N–H and O–H groups in total. The van der Waals surface area contributed by atoms with Crippen molar-refractivity contribution in [3.8, 4) is 17.5 Å². The summed E-state index contributed by atoms with van der Waals surface area (Å²) in [7, 11) is 1.74. The van der Waals surface area contributed by atoms with Crippen LogP contribution in [0.5, 0.6) is 0 Å². The fourth-order valence-corrected chi connectivity index (χ4v) is 4.74. The van der Waals surface area contributed by atoms with Gasteiger partial charge in [-0.25, -0.2) is 0 Å². The molecule has 2 heterocycles. The minimum Gasteiger partial charge on any atom is -0.411 e. The number of hydrogen-bond acceptors (Lipinski definition) is 6. The molecule has 0 aliphatic heterocycles. The summed E-state index contributed by atoms with van der Waals surface area (Å²) in [5.74, 6) is 0.323. The Morgan fingerprint density at radius 2 is 2.07 bits per heavy atom. The maximum absolute atomic E-state index is 13.0. The van der Waals surface area contributed by atoms with Crippen LogP contribution in [0.15, 0.2) is 40.1 Å². The quantitative estimate of drug-likeness (QED) is 0.628. The number of thioether (sulfide) groups is 1. The van der Waals surface area contributed by atoms with Crippen molar-refractivity contribution in [2.75, 3.05) is 7.05 Å². The van der Waals surface area contributed by atoms with E-state index in [2.05, 4.69) is 21.3 Å². The van der Waals surface area contributed by atoms with Gasteiger partial charge in [-0.05, 0) is 25.8 Å². The number of aromatic nitrogens is 3. The number of nitriles is 1. The van der Waals surface area contributed by atoms with E-state index in [1.54, 1.807) is 11.9 Å². The average Bonchev–Trinajstić information content (AvgIpc) is 3.39. The van der Waals surface area contributed by atoms with Gasteiger partial charge in [-0.1, -0.05) is 49.2 Å². The maximum atomic E-state index is 13.0. The Hall–Kier alpha value is -2.79. The Labute approximate surface area is 173 Å². The zero-order valence-corrected chi connectivity index (χ0v) is 17.3. The molecular weight excluding hydrogens is 386 g/mol. The van der Waals surface area contributed by atoms with Gasteiger partial charge < -0.3 is 14.3 Å². The van der Waals surface area contributed by atoms with Crippen LogP contribution in [0.2, 0.25) is 0 Å². The van der Waals surface area contributed by atoms with Crippen molar-refractivity contribution in [1.82, 2.24) is 20.1 Å². The normalized spacial score (nSPS) is 17.0. The largest absolute Gasteiger partial charge is 0.411 e. The molecule has 1 amide bonds. The van der Waals surface area contributed by atoms with Crippen LogP contribution >= 0.6 is 11.8 Å². The van der Waals surface area contributed by atoms with Crippen LogP contribution in [0.4, 0.5) is 0 Å². The molecule has 8 heteroatoms. The van der Waals surface area contributed by atoms with E-state index in [4.69, 9.17) is 4.42 Å². The van der Waals surface area contributed by atoms with E-state index in [9.17, 15) is 10.1 Å². The summed E-state index contributed by atoms with van der Waals surface area (Å²) >= 11 is 1.23. The minimum atomic E-state index is -0.700. The van der Waals surface area contributed by atoms with Crippen LogP contribution in [0.1, 0.15) is 39.0 Å². The summed E-state index contributed by atoms with van der Waals surface area (Å²) in [4.78, 5) is 17.8. The highest BCUT2D eigenvalue weighted by molar-refractivity contribution is 8.00. The third kappa shape index (κ3) is 3.62. The van der Waals surface area contributed by atoms with Crippen LogP contribution in [-0.4, -0.2) is 43.8 Å². The molecule has 29 heavy (non-hydrogen) atoms. The zero-order valence-electron chi connectivity index (χ0n) is 16.5. The predicted octanol–water partition coefficient (Wildman–Crippen LogP) is 4.38. The van der Waals surface area contributed by atoms with Gasteiger partial charge >= 0.3 is 0 Å². The van der Waals surface area contributed by atoms with Crippen molar-refractivity contribution in [1.29, 1.82) is 5.26 Å². The summed E-state index contributed by atoms with van der Waals surface area (Å²) in [6.07, 6.45) is 6.38. The first-order chi connectivity index (χ1) is 14.0. The first-order valence-corrected chi connectivity index (χ1v) is 10.7. The van der Waals surface area contributed by atoms with Gasteiger partial charge in [-0.2, -0.15) is 5.26 Å². The van der Waals surface area contributed by atoms with Crippen LogP contribution in [0.3, 0.4) is 0 Å². The molecule has 3 aromatic rings. The summed E-state index contributed by atoms with van der Waals surface area (Å²) in [6.45, 7) is 1.81. The monoisotopic (exact) mass is 409 g/mol. The number of rotatable bonds is 5. The number of H-pyrrole nitrogens is 1. The molecule has 1 aromatic carbocycles. The summed E-state index contributed by atoms with van der Waals surface area (Å²) < 4.78 is 5.82. The van der Waals surface area contributed by atoms with Crippen LogP contribution in [-0.2, 0) is 4.79 Å². The molecule has 1 aliphatic carbocycles. The first kappa shape index (κ1) is 19.5. The molecule has 0 radical (unpaired) electrons. The second-order valence-corrected chi connectivity index (χ2v) is 8.77. The zero-order chi connectivity index (χ0) is 20.4. The third-order valence-electron chi connectivity index (χ3n) is 5.71. The van der Waals surface area contributed by atoms with Crippen molar-refractivity contribution in [3.05, 3.63) is 30.5 Å². The molecule has 0 unspecified atom stereocenters. The fourth-order valence-electron chi connectivity index (χ4n) is 3.96. The molecule has 4 rings (SSSR count). The van der Waals surface area contributed by atoms with Gasteiger partial charge in [-0.3, -0.25) is 4.79 Å². The van der Waals surface area contributed by atoms with Crippen LogP contribution in [0, 0.1) is 11.3 Å². The highest BCUT2D eigenvalue weighted by Gasteiger charge is 2.40. The number of aromatic amines is 1. The molecular formula is C21H23N5O2S. The Morgan fingerprint density at radius 3 is 2.83 bits per heavy atom. The van der Waals surface area contributed by atoms with Crippen molar-refractivity contribution in [2.24, 2.45) is 0 Å². The van der Waals surface area contributed by atoms with E-state index < -0.39 is 10.8 Å². The van der Waals surface area contributed by atoms with Crippen molar-refractivity contribution in [3.63, 3.8) is 0 Å². The smallest absolute Gasteiger partial charge is 0.277 e. The van der Waals surface area contributed by atoms with Gasteiger partial charge in [-0.15, -0.1) is 10.2 Å². The number of hydrogen-bond donors (Lipinski definition) is 1. The molecule has 1 saturated carbocycles. The Bertz CT molecular complexity index is 1060. The second-order valence-electron chi connectivity index (χ2n) is 7.48. The number of amides is 1. The number of carbonyl (C=O) groups excluding carboxylic acids is 1. The molecule has 7 nitrogen and oxygen atoms in total. The lowest BCUT2D eigenvalue weighted by atomic mass is 9.81. The lowest BCUT2D eigenvalue weighted by Gasteiger charge is -2.39. The van der Waals surface area contributed by atoms with Gasteiger partial charge in [0.05, 0.1) is 16.9 Å². The van der Waals surface area contributed by atoms with E-state index in [0.717, 1.165) is 48.6 Å². The maximum Gasteiger partial charge on any atom is 0.277 e. The van der Waals surface area contributed by atoms with E-state index >= 15 is 0 Å². The molecule has 0 spiro atoms. The third-order valence-corrected chi connectivity index (χ3v) is 6.63. The molecule has 1 atom stereocenters. The number of carbonyl (C=O) groups is 1. The molecule has 150 valence electrons. The van der Waals surface area contributed by atoms with Gasteiger partial charge in [0.25, 0.3) is 11.1 Å². The van der Waals surface area contributed by atoms with Crippen molar-refractivity contribution in [2.45, 2.75) is 55.0 Å². The highest BCUT2D eigenvalue weighted by atomic mass is 32.2. The summed E-state index contributed by atoms with van der Waals surface area (Å²) in [5.41, 5.74) is 1.13. The predicted molar refractivity (Wildman–Crippen MR) is 111 cm³/mol. The van der Waals surface area contributed by atoms with Gasteiger partial charge in [0, 0.05) is 24.1 Å². The van der Waals surface area contributed by atoms with Crippen LogP contribution in [0.25, 0.3) is 22.4 Å². The SMILES string of the molecule is C[C@H](Sc1nnc(-c2c[nH]c3ccccc23)o1)C(=O)N(C)C1(C#N)CCCCC1. The standard InChI is InChI=1S/C21H23N5O2S/c1-14(19(27)26(2)21(13-22)10-6-3-7-11-21)29-20-25-24-18(28-20)16-12-23-17-9-5-4-8-15(16)17/h4-5,8-9,12,14,23H,3,6-7,10-11H2,1-2H3/t14-/m0/s1. The molecule has 1 aliphatic rings. The lowest BCUT2D eigenvalue weighted by molar-refractivity contribution is -0.133. The summed E-state index contributed by atoms with van der Waals surface area (Å²) in [6, 6.07) is 10.3. The Balaban J connectivity index is 1.48. The number of fused-ring (bicyclic) bond motifs is 1. The Morgan fingerprint density at radius 1 is 1.31 bits per heavy atom. The molecule has 0 saturated heterocycles. The summed E-state index contributed by atoms with van der Waals surface area (Å²) in [5, 5.41) is 18.9. The fraction of sp³-hybridized carbons (Fsp3) is 0.429. The first-order valence-electron chi connectivity index (χ1n) is 9.80. The topological polar surface area (TPSA) is 98.8 Å². The van der Waals surface area contributed by atoms with Crippen molar-refractivity contribution >= 4 is 28.6 Å². The number of para-hydroxylation sites is 1. The van der Waals surface area contributed by atoms with E-state index in [1.165, 1.54) is 11.8 Å². The number of benzene rings is 1. The highest BCUT2D eigenvalue weighted by Crippen LogP contribution is 2.35. The molecule has 2 aromatic heterocycles. The Kier molecular flexibility index (Phi) is 5.33. The number of nitrogens with zero attached hydrogens (tertiary/aromatic N) is 4. The van der Waals surface area contributed by atoms with Gasteiger partial charge in [0.2, 0.25) is 5.91 Å². The van der Waals surface area contributed by atoms with Gasteiger partial charge in [0.1, 0.15) is 5.54 Å². The number of nitrogens with one attached hydrogen (secondary N) is 1. The van der Waals surface area contributed by atoms with Crippen LogP contribution < -0.4 is 0 Å². The average molecular weight is 410 g/mol. The molecule has 0 bridgehead atoms. The van der Waals surface area contributed by atoms with E-state index in [-0.39, 0.29) is 5.91 Å². The van der Waals surface area contributed by atoms with E-state index in [0.29, 0.717) is 11.1 Å². The second kappa shape index (κ2) is 7.91. The van der Waals surface area contributed by atoms with Crippen molar-refractivity contribution < 1.29 is 9.21 Å².